The smallest absolute Gasteiger partial charge is 0.409 e. The quantitative estimate of drug-likeness (QED) is 0.863. The summed E-state index contributed by atoms with van der Waals surface area (Å²) in [7, 11) is 1.35. The van der Waals surface area contributed by atoms with Gasteiger partial charge in [0, 0.05) is 31.1 Å². The molecular formula is C17H21N3O4S. The predicted molar refractivity (Wildman–Crippen MR) is 94.7 cm³/mol. The third-order valence-corrected chi connectivity index (χ3v) is 5.57. The van der Waals surface area contributed by atoms with Crippen molar-refractivity contribution in [3.63, 3.8) is 0 Å². The van der Waals surface area contributed by atoms with Crippen LogP contribution in [0.3, 0.4) is 0 Å². The highest BCUT2D eigenvalue weighted by Crippen LogP contribution is 2.36. The molecule has 0 aliphatic carbocycles. The van der Waals surface area contributed by atoms with Gasteiger partial charge in [-0.05, 0) is 24.6 Å². The molecule has 25 heavy (non-hydrogen) atoms. The number of nitrogens with zero attached hydrogens (tertiary/aromatic N) is 2. The van der Waals surface area contributed by atoms with Crippen molar-refractivity contribution in [2.45, 2.75) is 23.5 Å². The Balaban J connectivity index is 1.60. The molecule has 3 amide bonds. The SMILES string of the molecule is COC(=O)N1CCN(C(=O)Cc2ccc3c(c2)NC(=O)C(C)S3)CC1. The molecule has 1 saturated heterocycles. The Morgan fingerprint density at radius 1 is 1.24 bits per heavy atom. The number of hydrogen-bond donors (Lipinski definition) is 1. The van der Waals surface area contributed by atoms with Crippen molar-refractivity contribution < 1.29 is 19.1 Å². The summed E-state index contributed by atoms with van der Waals surface area (Å²) < 4.78 is 4.70. The first-order chi connectivity index (χ1) is 12.0. The molecule has 1 N–H and O–H groups in total. The van der Waals surface area contributed by atoms with Gasteiger partial charge in [-0.2, -0.15) is 0 Å². The number of thioether (sulfide) groups is 1. The predicted octanol–water partition coefficient (Wildman–Crippen LogP) is 1.57. The van der Waals surface area contributed by atoms with Crippen LogP contribution in [0.1, 0.15) is 12.5 Å². The summed E-state index contributed by atoms with van der Waals surface area (Å²) in [6.07, 6.45) is -0.0778. The molecule has 0 radical (unpaired) electrons. The van der Waals surface area contributed by atoms with Crippen LogP contribution in [0.5, 0.6) is 0 Å². The Hall–Kier alpha value is -2.22. The van der Waals surface area contributed by atoms with E-state index in [9.17, 15) is 14.4 Å². The van der Waals surface area contributed by atoms with Crippen molar-refractivity contribution in [1.82, 2.24) is 9.80 Å². The summed E-state index contributed by atoms with van der Waals surface area (Å²) in [5, 5.41) is 2.78. The van der Waals surface area contributed by atoms with Crippen LogP contribution >= 0.6 is 11.8 Å². The molecule has 2 heterocycles. The minimum atomic E-state index is -0.357. The van der Waals surface area contributed by atoms with Crippen LogP contribution in [0.25, 0.3) is 0 Å². The number of fused-ring (bicyclic) bond motifs is 1. The van der Waals surface area contributed by atoms with Gasteiger partial charge in [0.05, 0.1) is 24.5 Å². The van der Waals surface area contributed by atoms with Gasteiger partial charge in [-0.25, -0.2) is 4.79 Å². The molecule has 8 heteroatoms. The van der Waals surface area contributed by atoms with Gasteiger partial charge in [0.1, 0.15) is 0 Å². The number of piperazine rings is 1. The minimum Gasteiger partial charge on any atom is -0.453 e. The molecule has 0 saturated carbocycles. The van der Waals surface area contributed by atoms with Gasteiger partial charge < -0.3 is 19.9 Å². The number of ether oxygens (including phenoxy) is 1. The van der Waals surface area contributed by atoms with Gasteiger partial charge in [-0.15, -0.1) is 11.8 Å². The van der Waals surface area contributed by atoms with Gasteiger partial charge in [-0.1, -0.05) is 6.07 Å². The van der Waals surface area contributed by atoms with E-state index in [2.05, 4.69) is 5.32 Å². The Labute approximate surface area is 150 Å². The summed E-state index contributed by atoms with van der Waals surface area (Å²) in [5.41, 5.74) is 1.64. The van der Waals surface area contributed by atoms with Gasteiger partial charge >= 0.3 is 6.09 Å². The zero-order valence-corrected chi connectivity index (χ0v) is 15.1. The van der Waals surface area contributed by atoms with Crippen LogP contribution < -0.4 is 5.32 Å². The Morgan fingerprint density at radius 3 is 2.60 bits per heavy atom. The van der Waals surface area contributed by atoms with Crippen molar-refractivity contribution in [3.8, 4) is 0 Å². The van der Waals surface area contributed by atoms with Crippen LogP contribution in [0, 0.1) is 0 Å². The third-order valence-electron chi connectivity index (χ3n) is 4.40. The Morgan fingerprint density at radius 2 is 1.92 bits per heavy atom. The number of carbonyl (C=O) groups is 3. The molecule has 1 unspecified atom stereocenters. The van der Waals surface area contributed by atoms with E-state index in [-0.39, 0.29) is 29.6 Å². The van der Waals surface area contributed by atoms with Gasteiger partial charge in [0.2, 0.25) is 11.8 Å². The molecule has 2 aliphatic rings. The summed E-state index contributed by atoms with van der Waals surface area (Å²) in [6, 6.07) is 5.75. The van der Waals surface area contributed by atoms with E-state index in [0.717, 1.165) is 16.1 Å². The van der Waals surface area contributed by atoms with Crippen LogP contribution in [-0.2, 0) is 20.7 Å². The summed E-state index contributed by atoms with van der Waals surface area (Å²) in [6.45, 7) is 3.83. The first-order valence-electron chi connectivity index (χ1n) is 8.19. The second-order valence-electron chi connectivity index (χ2n) is 6.09. The summed E-state index contributed by atoms with van der Waals surface area (Å²) in [5.74, 6) is 0.00697. The number of rotatable bonds is 2. The number of hydrogen-bond acceptors (Lipinski definition) is 5. The molecule has 0 spiro atoms. The standard InChI is InChI=1S/C17H21N3O4S/c1-11-16(22)18-13-9-12(3-4-14(13)25-11)10-15(21)19-5-7-20(8-6-19)17(23)24-2/h3-4,9,11H,5-8,10H2,1-2H3,(H,18,22). The van der Waals surface area contributed by atoms with Crippen LogP contribution in [0.2, 0.25) is 0 Å². The van der Waals surface area contributed by atoms with Crippen molar-refractivity contribution in [2.75, 3.05) is 38.6 Å². The van der Waals surface area contributed by atoms with Gasteiger partial charge in [0.15, 0.2) is 0 Å². The zero-order chi connectivity index (χ0) is 18.0. The van der Waals surface area contributed by atoms with E-state index in [1.54, 1.807) is 9.80 Å². The summed E-state index contributed by atoms with van der Waals surface area (Å²) in [4.78, 5) is 40.2. The lowest BCUT2D eigenvalue weighted by Crippen LogP contribution is -2.50. The molecule has 0 aromatic heterocycles. The zero-order valence-electron chi connectivity index (χ0n) is 14.3. The maximum atomic E-state index is 12.5. The lowest BCUT2D eigenvalue weighted by molar-refractivity contribution is -0.132. The molecule has 1 aromatic carbocycles. The van der Waals surface area contributed by atoms with Crippen LogP contribution in [0.15, 0.2) is 23.1 Å². The van der Waals surface area contributed by atoms with E-state index in [4.69, 9.17) is 4.74 Å². The normalized spacial score (nSPS) is 19.9. The molecule has 1 fully saturated rings. The molecule has 3 rings (SSSR count). The molecule has 7 nitrogen and oxygen atoms in total. The minimum absolute atomic E-state index is 0.0140. The molecule has 2 aliphatic heterocycles. The topological polar surface area (TPSA) is 79.0 Å². The number of benzene rings is 1. The third kappa shape index (κ3) is 3.89. The average molecular weight is 363 g/mol. The number of methoxy groups -OCH3 is 1. The molecule has 1 atom stereocenters. The summed E-state index contributed by atoms with van der Waals surface area (Å²) >= 11 is 1.52. The number of nitrogens with one attached hydrogen (secondary N) is 1. The lowest BCUT2D eigenvalue weighted by atomic mass is 10.1. The van der Waals surface area contributed by atoms with E-state index in [1.165, 1.54) is 18.9 Å². The molecule has 134 valence electrons. The maximum Gasteiger partial charge on any atom is 0.409 e. The monoisotopic (exact) mass is 363 g/mol. The van der Waals surface area contributed by atoms with E-state index < -0.39 is 0 Å². The number of carbonyl (C=O) groups excluding carboxylic acids is 3. The van der Waals surface area contributed by atoms with Crippen LogP contribution in [-0.4, -0.2) is 66.2 Å². The largest absolute Gasteiger partial charge is 0.453 e. The second-order valence-corrected chi connectivity index (χ2v) is 7.48. The highest BCUT2D eigenvalue weighted by molar-refractivity contribution is 8.00. The van der Waals surface area contributed by atoms with Crippen LogP contribution in [0.4, 0.5) is 10.5 Å². The first kappa shape index (κ1) is 17.6. The fourth-order valence-corrected chi connectivity index (χ4v) is 3.85. The molecule has 1 aromatic rings. The lowest BCUT2D eigenvalue weighted by Gasteiger charge is -2.34. The number of amides is 3. The van der Waals surface area contributed by atoms with Crippen molar-refractivity contribution >= 4 is 35.4 Å². The fourth-order valence-electron chi connectivity index (χ4n) is 2.92. The van der Waals surface area contributed by atoms with E-state index in [0.29, 0.717) is 26.2 Å². The number of anilines is 1. The van der Waals surface area contributed by atoms with Gasteiger partial charge in [0.25, 0.3) is 0 Å². The van der Waals surface area contributed by atoms with Crippen molar-refractivity contribution in [2.24, 2.45) is 0 Å². The maximum absolute atomic E-state index is 12.5. The highest BCUT2D eigenvalue weighted by Gasteiger charge is 2.26. The molecular weight excluding hydrogens is 342 g/mol. The second kappa shape index (κ2) is 7.35. The first-order valence-corrected chi connectivity index (χ1v) is 9.07. The highest BCUT2D eigenvalue weighted by atomic mass is 32.2. The van der Waals surface area contributed by atoms with Crippen molar-refractivity contribution in [3.05, 3.63) is 23.8 Å². The van der Waals surface area contributed by atoms with Crippen molar-refractivity contribution in [1.29, 1.82) is 0 Å². The fraction of sp³-hybridized carbons (Fsp3) is 0.471. The molecule has 0 bridgehead atoms. The Bertz CT molecular complexity index is 701. The Kier molecular flexibility index (Phi) is 5.17. The van der Waals surface area contributed by atoms with E-state index in [1.807, 2.05) is 25.1 Å². The van der Waals surface area contributed by atoms with Gasteiger partial charge in [-0.3, -0.25) is 9.59 Å². The van der Waals surface area contributed by atoms with E-state index >= 15 is 0 Å². The average Bonchev–Trinajstić information content (AvgIpc) is 2.62.